The van der Waals surface area contributed by atoms with E-state index < -0.39 is 26.8 Å². The van der Waals surface area contributed by atoms with Crippen LogP contribution in [0.1, 0.15) is 17.2 Å². The fourth-order valence-electron chi connectivity index (χ4n) is 2.72. The molecule has 0 aromatic heterocycles. The molecule has 7 heteroatoms. The number of carbonyl (C=O) groups is 1. The van der Waals surface area contributed by atoms with Gasteiger partial charge in [0.2, 0.25) is 0 Å². The number of benzene rings is 1. The zero-order chi connectivity index (χ0) is 15.6. The number of ether oxygens (including phenoxy) is 2. The van der Waals surface area contributed by atoms with Crippen molar-refractivity contribution in [1.29, 1.82) is 0 Å². The van der Waals surface area contributed by atoms with Gasteiger partial charge in [-0.15, -0.1) is 0 Å². The Labute approximate surface area is 124 Å². The topological polar surface area (TPSA) is 81.7 Å². The monoisotopic (exact) mass is 313 g/mol. The van der Waals surface area contributed by atoms with Crippen molar-refractivity contribution in [2.75, 3.05) is 27.0 Å². The van der Waals surface area contributed by atoms with E-state index >= 15 is 0 Å². The fourth-order valence-corrected chi connectivity index (χ4v) is 4.51. The van der Waals surface area contributed by atoms with Crippen LogP contribution in [0, 0.1) is 0 Å². The molecule has 0 saturated heterocycles. The van der Waals surface area contributed by atoms with E-state index in [-0.39, 0.29) is 6.04 Å². The number of methoxy groups -OCH3 is 2. The smallest absolute Gasteiger partial charge is 0.320 e. The van der Waals surface area contributed by atoms with Gasteiger partial charge in [0.25, 0.3) is 0 Å². The first-order valence-corrected chi connectivity index (χ1v) is 8.27. The van der Waals surface area contributed by atoms with Crippen molar-refractivity contribution < 1.29 is 22.7 Å². The summed E-state index contributed by atoms with van der Waals surface area (Å²) in [6.07, 6.45) is 0.379. The fraction of sp³-hybridized carbons (Fsp3) is 0.500. The van der Waals surface area contributed by atoms with E-state index in [0.717, 1.165) is 11.1 Å². The lowest BCUT2D eigenvalue weighted by Crippen LogP contribution is -2.36. The van der Waals surface area contributed by atoms with Crippen LogP contribution in [0.5, 0.6) is 5.75 Å². The molecular formula is C14H19NO5S. The van der Waals surface area contributed by atoms with Crippen molar-refractivity contribution in [3.05, 3.63) is 29.3 Å². The van der Waals surface area contributed by atoms with E-state index in [1.54, 1.807) is 20.2 Å². The molecular weight excluding hydrogens is 294 g/mol. The van der Waals surface area contributed by atoms with Crippen molar-refractivity contribution in [3.8, 4) is 5.75 Å². The first kappa shape index (κ1) is 15.8. The van der Waals surface area contributed by atoms with E-state index in [2.05, 4.69) is 10.1 Å². The van der Waals surface area contributed by atoms with Crippen LogP contribution in [0.15, 0.2) is 18.2 Å². The van der Waals surface area contributed by atoms with Crippen molar-refractivity contribution in [2.24, 2.45) is 0 Å². The molecule has 0 amide bonds. The molecule has 0 radical (unpaired) electrons. The molecule has 1 aliphatic rings. The number of nitrogens with one attached hydrogen (secondary N) is 1. The van der Waals surface area contributed by atoms with Crippen LogP contribution in [-0.4, -0.2) is 46.7 Å². The van der Waals surface area contributed by atoms with Crippen LogP contribution >= 0.6 is 0 Å². The zero-order valence-corrected chi connectivity index (χ0v) is 13.1. The maximum absolute atomic E-state index is 12.4. The van der Waals surface area contributed by atoms with Gasteiger partial charge in [0.05, 0.1) is 19.5 Å². The summed E-state index contributed by atoms with van der Waals surface area (Å²) in [4.78, 5) is 11.3. The van der Waals surface area contributed by atoms with E-state index in [4.69, 9.17) is 4.74 Å². The molecule has 0 bridgehead atoms. The molecule has 1 aromatic rings. The van der Waals surface area contributed by atoms with Gasteiger partial charge in [0, 0.05) is 6.04 Å². The standard InChI is InChI=1S/C14H19NO5S/c1-15-14-11-7-10(19-2)5-4-9(11)6-12(14)21(17,18)8-13(16)20-3/h4-5,7,12,14-15H,6,8H2,1-3H3. The minimum absolute atomic E-state index is 0.357. The zero-order valence-electron chi connectivity index (χ0n) is 12.3. The average Bonchev–Trinajstić information content (AvgIpc) is 2.84. The van der Waals surface area contributed by atoms with Gasteiger partial charge in [-0.3, -0.25) is 4.79 Å². The Morgan fingerprint density at radius 3 is 2.67 bits per heavy atom. The van der Waals surface area contributed by atoms with Crippen LogP contribution in [-0.2, 0) is 25.8 Å². The van der Waals surface area contributed by atoms with Gasteiger partial charge in [0.15, 0.2) is 9.84 Å². The molecule has 0 fully saturated rings. The molecule has 0 heterocycles. The number of fused-ring (bicyclic) bond motifs is 1. The van der Waals surface area contributed by atoms with Crippen molar-refractivity contribution in [1.82, 2.24) is 5.32 Å². The van der Waals surface area contributed by atoms with Crippen LogP contribution in [0.3, 0.4) is 0 Å². The highest BCUT2D eigenvalue weighted by molar-refractivity contribution is 7.92. The van der Waals surface area contributed by atoms with Crippen molar-refractivity contribution >= 4 is 15.8 Å². The molecule has 0 saturated carbocycles. The molecule has 0 spiro atoms. The third kappa shape index (κ3) is 3.03. The van der Waals surface area contributed by atoms with Gasteiger partial charge >= 0.3 is 5.97 Å². The van der Waals surface area contributed by atoms with Crippen molar-refractivity contribution in [2.45, 2.75) is 17.7 Å². The molecule has 2 rings (SSSR count). The van der Waals surface area contributed by atoms with Crippen LogP contribution in [0.4, 0.5) is 0 Å². The minimum Gasteiger partial charge on any atom is -0.497 e. The predicted octanol–water partition coefficient (Wildman–Crippen LogP) is 0.468. The molecule has 6 nitrogen and oxygen atoms in total. The van der Waals surface area contributed by atoms with Gasteiger partial charge in [-0.2, -0.15) is 0 Å². The number of sulfone groups is 1. The summed E-state index contributed by atoms with van der Waals surface area (Å²) < 4.78 is 34.5. The summed E-state index contributed by atoms with van der Waals surface area (Å²) in [6.45, 7) is 0. The summed E-state index contributed by atoms with van der Waals surface area (Å²) >= 11 is 0. The van der Waals surface area contributed by atoms with Crippen LogP contribution in [0.25, 0.3) is 0 Å². The summed E-state index contributed by atoms with van der Waals surface area (Å²) in [6, 6.07) is 5.15. The second-order valence-electron chi connectivity index (χ2n) is 4.96. The predicted molar refractivity (Wildman–Crippen MR) is 78.1 cm³/mol. The van der Waals surface area contributed by atoms with Crippen LogP contribution in [0.2, 0.25) is 0 Å². The Morgan fingerprint density at radius 1 is 1.38 bits per heavy atom. The van der Waals surface area contributed by atoms with Gasteiger partial charge in [0.1, 0.15) is 11.5 Å². The molecule has 2 unspecified atom stereocenters. The van der Waals surface area contributed by atoms with E-state index in [9.17, 15) is 13.2 Å². The largest absolute Gasteiger partial charge is 0.497 e. The first-order chi connectivity index (χ1) is 9.92. The van der Waals surface area contributed by atoms with Gasteiger partial charge in [-0.25, -0.2) is 8.42 Å². The Kier molecular flexibility index (Phi) is 4.53. The number of esters is 1. The second kappa shape index (κ2) is 6.03. The summed E-state index contributed by atoms with van der Waals surface area (Å²) in [5.41, 5.74) is 1.85. The molecule has 1 N–H and O–H groups in total. The number of carbonyl (C=O) groups excluding carboxylic acids is 1. The summed E-state index contributed by atoms with van der Waals surface area (Å²) in [5.74, 6) is -0.657. The highest BCUT2D eigenvalue weighted by Gasteiger charge is 2.41. The highest BCUT2D eigenvalue weighted by atomic mass is 32.2. The Bertz CT molecular complexity index is 641. The quantitative estimate of drug-likeness (QED) is 0.796. The molecule has 2 atom stereocenters. The molecule has 21 heavy (non-hydrogen) atoms. The highest BCUT2D eigenvalue weighted by Crippen LogP contribution is 2.37. The Balaban J connectivity index is 2.34. The Morgan fingerprint density at radius 2 is 2.10 bits per heavy atom. The summed E-state index contributed by atoms with van der Waals surface area (Å²) in [7, 11) is 0.859. The molecule has 116 valence electrons. The van der Waals surface area contributed by atoms with E-state index in [0.29, 0.717) is 12.2 Å². The maximum Gasteiger partial charge on any atom is 0.320 e. The third-order valence-corrected chi connectivity index (χ3v) is 5.80. The lowest BCUT2D eigenvalue weighted by molar-refractivity contribution is -0.137. The van der Waals surface area contributed by atoms with Gasteiger partial charge < -0.3 is 14.8 Å². The minimum atomic E-state index is -3.60. The maximum atomic E-state index is 12.4. The lowest BCUT2D eigenvalue weighted by Gasteiger charge is -2.19. The third-order valence-electron chi connectivity index (χ3n) is 3.80. The molecule has 0 aliphatic heterocycles. The molecule has 1 aliphatic carbocycles. The van der Waals surface area contributed by atoms with Gasteiger partial charge in [-0.1, -0.05) is 6.07 Å². The number of hydrogen-bond donors (Lipinski definition) is 1. The SMILES string of the molecule is CNC1c2cc(OC)ccc2CC1S(=O)(=O)CC(=O)OC. The number of hydrogen-bond acceptors (Lipinski definition) is 6. The normalized spacial score (nSPS) is 20.9. The summed E-state index contributed by atoms with van der Waals surface area (Å²) in [5, 5.41) is 2.35. The van der Waals surface area contributed by atoms with Gasteiger partial charge in [-0.05, 0) is 36.7 Å². The average molecular weight is 313 g/mol. The van der Waals surface area contributed by atoms with E-state index in [1.165, 1.54) is 7.11 Å². The molecule has 1 aromatic carbocycles. The van der Waals surface area contributed by atoms with Crippen LogP contribution < -0.4 is 10.1 Å². The lowest BCUT2D eigenvalue weighted by atomic mass is 10.1. The Hall–Kier alpha value is -1.60. The van der Waals surface area contributed by atoms with Crippen molar-refractivity contribution in [3.63, 3.8) is 0 Å². The van der Waals surface area contributed by atoms with E-state index in [1.807, 2.05) is 12.1 Å². The number of rotatable bonds is 5. The second-order valence-corrected chi connectivity index (χ2v) is 7.18. The first-order valence-electron chi connectivity index (χ1n) is 6.55.